The lowest BCUT2D eigenvalue weighted by atomic mass is 9.77. The fourth-order valence-electron chi connectivity index (χ4n) is 4.36. The average molecular weight is 414 g/mol. The van der Waals surface area contributed by atoms with Gasteiger partial charge in [0.25, 0.3) is 0 Å². The van der Waals surface area contributed by atoms with Crippen LogP contribution in [0.25, 0.3) is 22.3 Å². The molecule has 0 saturated heterocycles. The van der Waals surface area contributed by atoms with E-state index in [2.05, 4.69) is 108 Å². The minimum absolute atomic E-state index is 0.0387. The van der Waals surface area contributed by atoms with Crippen molar-refractivity contribution in [3.05, 3.63) is 89.3 Å². The first-order chi connectivity index (χ1) is 14.7. The summed E-state index contributed by atoms with van der Waals surface area (Å²) in [5.41, 5.74) is 11.0. The van der Waals surface area contributed by atoms with Crippen LogP contribution in [0.5, 0.6) is 0 Å². The number of nitrogens with one attached hydrogen (secondary N) is 1. The van der Waals surface area contributed by atoms with Gasteiger partial charge in [-0.25, -0.2) is 0 Å². The van der Waals surface area contributed by atoms with E-state index in [0.717, 1.165) is 24.1 Å². The number of benzene rings is 3. The largest absolute Gasteiger partial charge is 0.495 e. The summed E-state index contributed by atoms with van der Waals surface area (Å²) >= 11 is 0. The first-order valence-electron chi connectivity index (χ1n) is 11.2. The molecule has 0 unspecified atom stereocenters. The standard InChI is InChI=1S/C29H35NO/c1-8-29(7,9-2)26-16-14-24(15-17-26)23-10-12-25(13-11-23)28-19(3)18-27(30-22(6)31)20(4)21(28)5/h10-18,30-31H,6,8-9H2,1-5,7H3. The predicted octanol–water partition coefficient (Wildman–Crippen LogP) is 8.46. The van der Waals surface area contributed by atoms with Crippen LogP contribution in [0.4, 0.5) is 5.69 Å². The quantitative estimate of drug-likeness (QED) is 0.381. The van der Waals surface area contributed by atoms with Gasteiger partial charge in [-0.2, -0.15) is 0 Å². The van der Waals surface area contributed by atoms with Crippen molar-refractivity contribution in [3.8, 4) is 22.3 Å². The molecule has 0 aromatic heterocycles. The van der Waals surface area contributed by atoms with Crippen LogP contribution in [-0.2, 0) is 5.41 Å². The third kappa shape index (κ3) is 4.54. The Morgan fingerprint density at radius 2 is 1.32 bits per heavy atom. The summed E-state index contributed by atoms with van der Waals surface area (Å²) in [6.45, 7) is 16.7. The van der Waals surface area contributed by atoms with Crippen LogP contribution in [0.15, 0.2) is 67.1 Å². The van der Waals surface area contributed by atoms with Crippen molar-refractivity contribution < 1.29 is 5.11 Å². The van der Waals surface area contributed by atoms with E-state index in [1.165, 1.54) is 38.9 Å². The van der Waals surface area contributed by atoms with Crippen LogP contribution in [-0.4, -0.2) is 5.11 Å². The minimum atomic E-state index is -0.0387. The molecular formula is C29H35NO. The molecule has 0 amide bonds. The van der Waals surface area contributed by atoms with E-state index in [-0.39, 0.29) is 11.3 Å². The molecule has 31 heavy (non-hydrogen) atoms. The number of aliphatic hydroxyl groups is 1. The van der Waals surface area contributed by atoms with Gasteiger partial charge in [-0.05, 0) is 96.2 Å². The zero-order valence-electron chi connectivity index (χ0n) is 19.8. The summed E-state index contributed by atoms with van der Waals surface area (Å²) in [4.78, 5) is 0. The monoisotopic (exact) mass is 413 g/mol. The molecule has 0 fully saturated rings. The lowest BCUT2D eigenvalue weighted by Crippen LogP contribution is -2.19. The molecule has 2 N–H and O–H groups in total. The van der Waals surface area contributed by atoms with E-state index in [1.54, 1.807) is 0 Å². The van der Waals surface area contributed by atoms with Gasteiger partial charge < -0.3 is 10.4 Å². The second kappa shape index (κ2) is 9.01. The summed E-state index contributed by atoms with van der Waals surface area (Å²) in [7, 11) is 0. The van der Waals surface area contributed by atoms with Gasteiger partial charge in [0.1, 0.15) is 0 Å². The van der Waals surface area contributed by atoms with E-state index in [1.807, 2.05) is 0 Å². The number of aryl methyl sites for hydroxylation is 1. The second-order valence-electron chi connectivity index (χ2n) is 8.86. The molecule has 0 aliphatic heterocycles. The highest BCUT2D eigenvalue weighted by Gasteiger charge is 2.21. The van der Waals surface area contributed by atoms with Gasteiger partial charge in [-0.3, -0.25) is 0 Å². The Labute approximate surface area is 187 Å². The third-order valence-corrected chi connectivity index (χ3v) is 7.03. The summed E-state index contributed by atoms with van der Waals surface area (Å²) in [5, 5.41) is 12.5. The van der Waals surface area contributed by atoms with Crippen molar-refractivity contribution in [1.82, 2.24) is 0 Å². The molecule has 3 aromatic carbocycles. The lowest BCUT2D eigenvalue weighted by Gasteiger charge is -2.27. The zero-order chi connectivity index (χ0) is 22.8. The number of rotatable bonds is 7. The molecule has 3 aromatic rings. The number of hydrogen-bond donors (Lipinski definition) is 2. The first-order valence-corrected chi connectivity index (χ1v) is 11.2. The molecule has 0 spiro atoms. The number of aliphatic hydroxyl groups excluding tert-OH is 1. The van der Waals surface area contributed by atoms with Gasteiger partial charge in [0.2, 0.25) is 0 Å². The van der Waals surface area contributed by atoms with E-state index in [4.69, 9.17) is 0 Å². The van der Waals surface area contributed by atoms with Crippen molar-refractivity contribution in [2.75, 3.05) is 5.32 Å². The van der Waals surface area contributed by atoms with Crippen LogP contribution in [0.3, 0.4) is 0 Å². The highest BCUT2D eigenvalue weighted by atomic mass is 16.3. The van der Waals surface area contributed by atoms with Crippen LogP contribution in [0.1, 0.15) is 55.9 Å². The maximum atomic E-state index is 9.52. The molecule has 0 radical (unpaired) electrons. The van der Waals surface area contributed by atoms with E-state index >= 15 is 0 Å². The topological polar surface area (TPSA) is 32.3 Å². The molecule has 0 heterocycles. The van der Waals surface area contributed by atoms with Crippen molar-refractivity contribution in [1.29, 1.82) is 0 Å². The Morgan fingerprint density at radius 1 is 0.839 bits per heavy atom. The van der Waals surface area contributed by atoms with Crippen LogP contribution in [0.2, 0.25) is 0 Å². The molecular weight excluding hydrogens is 378 g/mol. The van der Waals surface area contributed by atoms with Gasteiger partial charge in [-0.1, -0.05) is 69.3 Å². The molecule has 0 saturated carbocycles. The van der Waals surface area contributed by atoms with E-state index < -0.39 is 0 Å². The molecule has 2 heteroatoms. The van der Waals surface area contributed by atoms with Crippen molar-refractivity contribution in [2.45, 2.75) is 59.8 Å². The Hall–Kier alpha value is -3.00. The van der Waals surface area contributed by atoms with Crippen LogP contribution in [0, 0.1) is 20.8 Å². The Morgan fingerprint density at radius 3 is 1.81 bits per heavy atom. The summed E-state index contributed by atoms with van der Waals surface area (Å²) in [6, 6.07) is 20.0. The van der Waals surface area contributed by atoms with E-state index in [9.17, 15) is 5.11 Å². The maximum Gasteiger partial charge on any atom is 0.181 e. The molecule has 0 atom stereocenters. The molecule has 0 aliphatic rings. The molecule has 3 rings (SSSR count). The van der Waals surface area contributed by atoms with Crippen molar-refractivity contribution >= 4 is 5.69 Å². The smallest absolute Gasteiger partial charge is 0.181 e. The number of anilines is 1. The van der Waals surface area contributed by atoms with Crippen molar-refractivity contribution in [2.24, 2.45) is 0 Å². The SMILES string of the molecule is C=C(O)Nc1cc(C)c(-c2ccc(-c3ccc(C(C)(CC)CC)cc3)cc2)c(C)c1C. The molecule has 0 aliphatic carbocycles. The molecule has 2 nitrogen and oxygen atoms in total. The third-order valence-electron chi connectivity index (χ3n) is 7.03. The fourth-order valence-corrected chi connectivity index (χ4v) is 4.36. The summed E-state index contributed by atoms with van der Waals surface area (Å²) in [6.07, 6.45) is 2.30. The van der Waals surface area contributed by atoms with Gasteiger partial charge in [0.15, 0.2) is 5.88 Å². The average Bonchev–Trinajstić information content (AvgIpc) is 2.77. The molecule has 162 valence electrons. The van der Waals surface area contributed by atoms with Crippen molar-refractivity contribution in [3.63, 3.8) is 0 Å². The zero-order valence-corrected chi connectivity index (χ0v) is 19.8. The van der Waals surface area contributed by atoms with Gasteiger partial charge in [0, 0.05) is 5.69 Å². The second-order valence-corrected chi connectivity index (χ2v) is 8.86. The summed E-state index contributed by atoms with van der Waals surface area (Å²) in [5.74, 6) is -0.0387. The Bertz CT molecular complexity index is 1070. The van der Waals surface area contributed by atoms with E-state index in [0.29, 0.717) is 0 Å². The van der Waals surface area contributed by atoms with Gasteiger partial charge in [-0.15, -0.1) is 0 Å². The Kier molecular flexibility index (Phi) is 6.59. The minimum Gasteiger partial charge on any atom is -0.495 e. The van der Waals surface area contributed by atoms with Crippen LogP contribution >= 0.6 is 0 Å². The number of hydrogen-bond acceptors (Lipinski definition) is 2. The highest BCUT2D eigenvalue weighted by molar-refractivity contribution is 5.78. The maximum absolute atomic E-state index is 9.52. The lowest BCUT2D eigenvalue weighted by molar-refractivity contribution is 0.422. The predicted molar refractivity (Wildman–Crippen MR) is 135 cm³/mol. The highest BCUT2D eigenvalue weighted by Crippen LogP contribution is 2.36. The van der Waals surface area contributed by atoms with Gasteiger partial charge in [0.05, 0.1) is 0 Å². The Balaban J connectivity index is 1.92. The fraction of sp³-hybridized carbons (Fsp3) is 0.310. The first kappa shape index (κ1) is 22.7. The summed E-state index contributed by atoms with van der Waals surface area (Å²) < 4.78 is 0. The molecule has 0 bridgehead atoms. The normalized spacial score (nSPS) is 11.4. The van der Waals surface area contributed by atoms with Gasteiger partial charge >= 0.3 is 0 Å². The van der Waals surface area contributed by atoms with Crippen LogP contribution < -0.4 is 5.32 Å².